The zero-order valence-electron chi connectivity index (χ0n) is 15.0. The Morgan fingerprint density at radius 2 is 1.93 bits per heavy atom. The van der Waals surface area contributed by atoms with Crippen molar-refractivity contribution in [2.45, 2.75) is 38.3 Å². The molecular weight excluding hydrogens is 366 g/mol. The normalized spacial score (nSPS) is 15.7. The van der Waals surface area contributed by atoms with Gasteiger partial charge in [-0.05, 0) is 48.7 Å². The predicted octanol–water partition coefficient (Wildman–Crippen LogP) is 4.42. The molecule has 6 heteroatoms. The van der Waals surface area contributed by atoms with E-state index in [1.807, 2.05) is 29.2 Å². The van der Waals surface area contributed by atoms with E-state index in [1.54, 1.807) is 18.2 Å². The van der Waals surface area contributed by atoms with E-state index in [-0.39, 0.29) is 25.3 Å². The van der Waals surface area contributed by atoms with Crippen LogP contribution in [0.4, 0.5) is 0 Å². The molecule has 1 heterocycles. The van der Waals surface area contributed by atoms with Crippen molar-refractivity contribution in [3.05, 3.63) is 53.1 Å². The number of benzene rings is 2. The first kappa shape index (κ1) is 18.0. The molecule has 0 N–H and O–H groups in total. The van der Waals surface area contributed by atoms with Gasteiger partial charge in [0.05, 0.1) is 0 Å². The molecule has 1 aliphatic carbocycles. The molecule has 4 rings (SSSR count). The summed E-state index contributed by atoms with van der Waals surface area (Å²) in [7, 11) is 0. The maximum absolute atomic E-state index is 12.9. The molecule has 27 heavy (non-hydrogen) atoms. The molecule has 1 saturated carbocycles. The second-order valence-corrected chi connectivity index (χ2v) is 7.33. The fraction of sp³-hybridized carbons (Fsp3) is 0.381. The molecule has 0 bridgehead atoms. The molecule has 0 saturated heterocycles. The lowest BCUT2D eigenvalue weighted by atomic mass is 10.1. The molecule has 1 aliphatic heterocycles. The van der Waals surface area contributed by atoms with Crippen molar-refractivity contribution in [2.24, 2.45) is 0 Å². The number of fused-ring (bicyclic) bond motifs is 1. The first-order valence-electron chi connectivity index (χ1n) is 9.25. The maximum atomic E-state index is 12.9. The molecule has 5 nitrogen and oxygen atoms in total. The fourth-order valence-corrected chi connectivity index (χ4v) is 3.84. The molecule has 1 fully saturated rings. The van der Waals surface area contributed by atoms with E-state index in [4.69, 9.17) is 25.8 Å². The molecule has 142 valence electrons. The molecule has 0 spiro atoms. The molecule has 0 radical (unpaired) electrons. The second kappa shape index (κ2) is 8.09. The highest BCUT2D eigenvalue weighted by Gasteiger charge is 2.27. The molecule has 2 aliphatic rings. The summed E-state index contributed by atoms with van der Waals surface area (Å²) < 4.78 is 16.5. The summed E-state index contributed by atoms with van der Waals surface area (Å²) in [4.78, 5) is 14.9. The van der Waals surface area contributed by atoms with Gasteiger partial charge in [0.2, 0.25) is 6.79 Å². The van der Waals surface area contributed by atoms with Crippen molar-refractivity contribution in [3.63, 3.8) is 0 Å². The highest BCUT2D eigenvalue weighted by Crippen LogP contribution is 2.33. The third-order valence-electron chi connectivity index (χ3n) is 5.03. The van der Waals surface area contributed by atoms with Crippen LogP contribution in [-0.2, 0) is 11.3 Å². The van der Waals surface area contributed by atoms with Crippen molar-refractivity contribution >= 4 is 17.5 Å². The van der Waals surface area contributed by atoms with Crippen LogP contribution in [0.3, 0.4) is 0 Å². The Hall–Kier alpha value is -2.40. The van der Waals surface area contributed by atoms with Crippen LogP contribution in [0.5, 0.6) is 17.2 Å². The van der Waals surface area contributed by atoms with E-state index in [1.165, 1.54) is 0 Å². The lowest BCUT2D eigenvalue weighted by Crippen LogP contribution is -2.41. The zero-order valence-corrected chi connectivity index (χ0v) is 15.8. The van der Waals surface area contributed by atoms with Gasteiger partial charge in [-0.25, -0.2) is 0 Å². The number of halogens is 1. The van der Waals surface area contributed by atoms with Crippen molar-refractivity contribution in [2.75, 3.05) is 13.4 Å². The minimum absolute atomic E-state index is 0.00138. The summed E-state index contributed by atoms with van der Waals surface area (Å²) in [5.41, 5.74) is 1.03. The lowest BCUT2D eigenvalue weighted by molar-refractivity contribution is -0.136. The standard InChI is InChI=1S/C21H22ClNO4/c22-16-4-3-7-18(11-16)25-13-21(24)23(17-5-1-2-6-17)12-15-8-9-19-20(10-15)27-14-26-19/h3-4,7-11,17H,1-2,5-6,12-14H2. The van der Waals surface area contributed by atoms with E-state index in [0.29, 0.717) is 17.3 Å². The SMILES string of the molecule is O=C(COc1cccc(Cl)c1)N(Cc1ccc2c(c1)OCO2)C1CCCC1. The van der Waals surface area contributed by atoms with Crippen LogP contribution in [0, 0.1) is 0 Å². The highest BCUT2D eigenvalue weighted by molar-refractivity contribution is 6.30. The number of hydrogen-bond acceptors (Lipinski definition) is 4. The Kier molecular flexibility index (Phi) is 5.39. The quantitative estimate of drug-likeness (QED) is 0.736. The third-order valence-corrected chi connectivity index (χ3v) is 5.27. The van der Waals surface area contributed by atoms with Crippen molar-refractivity contribution in [3.8, 4) is 17.2 Å². The molecule has 0 aromatic heterocycles. The average molecular weight is 388 g/mol. The number of nitrogens with zero attached hydrogens (tertiary/aromatic N) is 1. The Morgan fingerprint density at radius 3 is 2.74 bits per heavy atom. The topological polar surface area (TPSA) is 48.0 Å². The summed E-state index contributed by atoms with van der Waals surface area (Å²) in [6.45, 7) is 0.790. The molecule has 0 unspecified atom stereocenters. The van der Waals surface area contributed by atoms with Gasteiger partial charge in [0, 0.05) is 17.6 Å². The van der Waals surface area contributed by atoms with Gasteiger partial charge in [-0.15, -0.1) is 0 Å². The monoisotopic (exact) mass is 387 g/mol. The molecule has 2 aromatic rings. The first-order valence-corrected chi connectivity index (χ1v) is 9.63. The summed E-state index contributed by atoms with van der Waals surface area (Å²) in [6.07, 6.45) is 4.39. The van der Waals surface area contributed by atoms with Crippen LogP contribution in [0.1, 0.15) is 31.2 Å². The predicted molar refractivity (Wildman–Crippen MR) is 102 cm³/mol. The van der Waals surface area contributed by atoms with Gasteiger partial charge in [0.15, 0.2) is 18.1 Å². The Morgan fingerprint density at radius 1 is 1.11 bits per heavy atom. The summed E-state index contributed by atoms with van der Waals surface area (Å²) in [6, 6.07) is 13.2. The van der Waals surface area contributed by atoms with Gasteiger partial charge in [-0.2, -0.15) is 0 Å². The smallest absolute Gasteiger partial charge is 0.261 e. The summed E-state index contributed by atoms with van der Waals surface area (Å²) in [5, 5.41) is 0.591. The van der Waals surface area contributed by atoms with E-state index in [9.17, 15) is 4.79 Å². The van der Waals surface area contributed by atoms with Crippen LogP contribution >= 0.6 is 11.6 Å². The third kappa shape index (κ3) is 4.30. The number of amides is 1. The average Bonchev–Trinajstić information content (AvgIpc) is 3.35. The number of ether oxygens (including phenoxy) is 3. The van der Waals surface area contributed by atoms with Gasteiger partial charge >= 0.3 is 0 Å². The summed E-state index contributed by atoms with van der Waals surface area (Å²) in [5.74, 6) is 2.08. The molecule has 0 atom stereocenters. The largest absolute Gasteiger partial charge is 0.484 e. The number of carbonyl (C=O) groups excluding carboxylic acids is 1. The Labute approximate surface area is 163 Å². The van der Waals surface area contributed by atoms with Gasteiger partial charge in [-0.1, -0.05) is 36.6 Å². The van der Waals surface area contributed by atoms with Crippen LogP contribution in [-0.4, -0.2) is 30.2 Å². The van der Waals surface area contributed by atoms with Crippen LogP contribution < -0.4 is 14.2 Å². The minimum atomic E-state index is -0.0143. The van der Waals surface area contributed by atoms with E-state index in [2.05, 4.69) is 0 Å². The Balaban J connectivity index is 1.46. The summed E-state index contributed by atoms with van der Waals surface area (Å²) >= 11 is 5.98. The minimum Gasteiger partial charge on any atom is -0.484 e. The molecule has 2 aromatic carbocycles. The van der Waals surface area contributed by atoms with Gasteiger partial charge in [-0.3, -0.25) is 4.79 Å². The Bertz CT molecular complexity index is 820. The number of carbonyl (C=O) groups is 1. The van der Waals surface area contributed by atoms with Crippen LogP contribution in [0.2, 0.25) is 5.02 Å². The van der Waals surface area contributed by atoms with E-state index >= 15 is 0 Å². The second-order valence-electron chi connectivity index (χ2n) is 6.89. The zero-order chi connectivity index (χ0) is 18.6. The number of hydrogen-bond donors (Lipinski definition) is 0. The molecule has 1 amide bonds. The first-order chi connectivity index (χ1) is 13.2. The van der Waals surface area contributed by atoms with Gasteiger partial charge in [0.1, 0.15) is 5.75 Å². The van der Waals surface area contributed by atoms with E-state index < -0.39 is 0 Å². The van der Waals surface area contributed by atoms with Crippen LogP contribution in [0.15, 0.2) is 42.5 Å². The maximum Gasteiger partial charge on any atom is 0.261 e. The lowest BCUT2D eigenvalue weighted by Gasteiger charge is -2.29. The van der Waals surface area contributed by atoms with Crippen molar-refractivity contribution in [1.29, 1.82) is 0 Å². The van der Waals surface area contributed by atoms with Crippen molar-refractivity contribution in [1.82, 2.24) is 4.90 Å². The van der Waals surface area contributed by atoms with E-state index in [0.717, 1.165) is 42.7 Å². The van der Waals surface area contributed by atoms with Crippen LogP contribution in [0.25, 0.3) is 0 Å². The van der Waals surface area contributed by atoms with Gasteiger partial charge < -0.3 is 19.1 Å². The van der Waals surface area contributed by atoms with Crippen molar-refractivity contribution < 1.29 is 19.0 Å². The molecular formula is C21H22ClNO4. The van der Waals surface area contributed by atoms with Gasteiger partial charge in [0.25, 0.3) is 5.91 Å². The fourth-order valence-electron chi connectivity index (χ4n) is 3.66. The number of rotatable bonds is 6. The highest BCUT2D eigenvalue weighted by atomic mass is 35.5.